The van der Waals surface area contributed by atoms with Gasteiger partial charge in [-0.1, -0.05) is 19.3 Å². The molecule has 104 valence electrons. The summed E-state index contributed by atoms with van der Waals surface area (Å²) in [6.07, 6.45) is 6.97. The molecule has 0 bridgehead atoms. The Hall–Kier alpha value is -0.580. The Morgan fingerprint density at radius 1 is 1.17 bits per heavy atom. The SMILES string of the molecule is CN(C(=O)CC1CCS(=O)(=O)C1)C1CCCCC1. The molecule has 0 aromatic heterocycles. The van der Waals surface area contributed by atoms with E-state index in [1.807, 2.05) is 11.9 Å². The van der Waals surface area contributed by atoms with E-state index in [2.05, 4.69) is 0 Å². The fourth-order valence-electron chi connectivity index (χ4n) is 3.10. The standard InChI is InChI=1S/C13H23NO3S/c1-14(12-5-3-2-4-6-12)13(15)9-11-7-8-18(16,17)10-11/h11-12H,2-10H2,1H3. The first-order valence-electron chi connectivity index (χ1n) is 6.94. The first kappa shape index (κ1) is 13.8. The molecule has 1 saturated carbocycles. The molecule has 0 aromatic carbocycles. The van der Waals surface area contributed by atoms with E-state index in [-0.39, 0.29) is 23.3 Å². The number of carbonyl (C=O) groups is 1. The summed E-state index contributed by atoms with van der Waals surface area (Å²) < 4.78 is 22.7. The van der Waals surface area contributed by atoms with Crippen LogP contribution in [0.3, 0.4) is 0 Å². The minimum atomic E-state index is -2.86. The molecule has 2 fully saturated rings. The zero-order valence-corrected chi connectivity index (χ0v) is 11.9. The van der Waals surface area contributed by atoms with E-state index in [4.69, 9.17) is 0 Å². The summed E-state index contributed by atoms with van der Waals surface area (Å²) in [5.41, 5.74) is 0. The molecule has 1 heterocycles. The Kier molecular flexibility index (Phi) is 4.30. The van der Waals surface area contributed by atoms with Crippen molar-refractivity contribution in [1.29, 1.82) is 0 Å². The lowest BCUT2D eigenvalue weighted by Gasteiger charge is -2.31. The predicted molar refractivity (Wildman–Crippen MR) is 71.0 cm³/mol. The maximum atomic E-state index is 12.1. The van der Waals surface area contributed by atoms with Gasteiger partial charge in [-0.2, -0.15) is 0 Å². The molecule has 2 rings (SSSR count). The number of rotatable bonds is 3. The number of carbonyl (C=O) groups excluding carboxylic acids is 1. The molecular formula is C13H23NO3S. The normalized spacial score (nSPS) is 28.2. The minimum Gasteiger partial charge on any atom is -0.343 e. The lowest BCUT2D eigenvalue weighted by Crippen LogP contribution is -2.39. The summed E-state index contributed by atoms with van der Waals surface area (Å²) in [5.74, 6) is 0.646. The molecule has 1 saturated heterocycles. The van der Waals surface area contributed by atoms with Gasteiger partial charge in [-0.05, 0) is 25.2 Å². The number of hydrogen-bond acceptors (Lipinski definition) is 3. The van der Waals surface area contributed by atoms with Crippen LogP contribution in [0.5, 0.6) is 0 Å². The van der Waals surface area contributed by atoms with Gasteiger partial charge in [0.1, 0.15) is 0 Å². The largest absolute Gasteiger partial charge is 0.343 e. The van der Waals surface area contributed by atoms with E-state index < -0.39 is 9.84 Å². The highest BCUT2D eigenvalue weighted by Gasteiger charge is 2.31. The van der Waals surface area contributed by atoms with Crippen molar-refractivity contribution in [2.75, 3.05) is 18.6 Å². The number of hydrogen-bond donors (Lipinski definition) is 0. The predicted octanol–water partition coefficient (Wildman–Crippen LogP) is 1.60. The van der Waals surface area contributed by atoms with Crippen LogP contribution < -0.4 is 0 Å². The van der Waals surface area contributed by atoms with Crippen LogP contribution in [0.4, 0.5) is 0 Å². The molecule has 1 aliphatic carbocycles. The van der Waals surface area contributed by atoms with Crippen molar-refractivity contribution in [3.63, 3.8) is 0 Å². The molecule has 0 aromatic rings. The highest BCUT2D eigenvalue weighted by Crippen LogP contribution is 2.25. The van der Waals surface area contributed by atoms with Crippen molar-refractivity contribution in [2.45, 2.75) is 51.0 Å². The van der Waals surface area contributed by atoms with E-state index in [1.54, 1.807) is 0 Å². The zero-order valence-electron chi connectivity index (χ0n) is 11.1. The van der Waals surface area contributed by atoms with Crippen LogP contribution in [-0.4, -0.2) is 43.8 Å². The Labute approximate surface area is 110 Å². The second-order valence-corrected chi connectivity index (χ2v) is 8.00. The lowest BCUT2D eigenvalue weighted by atomic mass is 9.94. The van der Waals surface area contributed by atoms with E-state index in [0.717, 1.165) is 12.8 Å². The van der Waals surface area contributed by atoms with Gasteiger partial charge in [0, 0.05) is 19.5 Å². The van der Waals surface area contributed by atoms with E-state index in [1.165, 1.54) is 19.3 Å². The van der Waals surface area contributed by atoms with Crippen LogP contribution in [-0.2, 0) is 14.6 Å². The fraction of sp³-hybridized carbons (Fsp3) is 0.923. The molecule has 5 heteroatoms. The van der Waals surface area contributed by atoms with Gasteiger partial charge < -0.3 is 4.90 Å². The van der Waals surface area contributed by atoms with Gasteiger partial charge >= 0.3 is 0 Å². The zero-order chi connectivity index (χ0) is 13.2. The van der Waals surface area contributed by atoms with Gasteiger partial charge in [0.15, 0.2) is 9.84 Å². The second kappa shape index (κ2) is 5.59. The van der Waals surface area contributed by atoms with Crippen LogP contribution in [0.25, 0.3) is 0 Å². The van der Waals surface area contributed by atoms with Crippen LogP contribution in [0, 0.1) is 5.92 Å². The molecule has 1 atom stereocenters. The third-order valence-electron chi connectivity index (χ3n) is 4.31. The van der Waals surface area contributed by atoms with Gasteiger partial charge in [-0.15, -0.1) is 0 Å². The van der Waals surface area contributed by atoms with Gasteiger partial charge in [0.25, 0.3) is 0 Å². The van der Waals surface area contributed by atoms with Crippen molar-refractivity contribution in [3.8, 4) is 0 Å². The number of sulfone groups is 1. The monoisotopic (exact) mass is 273 g/mol. The third-order valence-corrected chi connectivity index (χ3v) is 6.14. The molecule has 0 radical (unpaired) electrons. The molecule has 2 aliphatic rings. The molecular weight excluding hydrogens is 250 g/mol. The smallest absolute Gasteiger partial charge is 0.222 e. The number of nitrogens with zero attached hydrogens (tertiary/aromatic N) is 1. The first-order chi connectivity index (χ1) is 8.48. The van der Waals surface area contributed by atoms with E-state index in [9.17, 15) is 13.2 Å². The van der Waals surface area contributed by atoms with Crippen molar-refractivity contribution in [2.24, 2.45) is 5.92 Å². The average Bonchev–Trinajstić information content (AvgIpc) is 2.68. The minimum absolute atomic E-state index is 0.0496. The molecule has 0 N–H and O–H groups in total. The molecule has 4 nitrogen and oxygen atoms in total. The summed E-state index contributed by atoms with van der Waals surface area (Å²) in [4.78, 5) is 14.0. The van der Waals surface area contributed by atoms with Gasteiger partial charge in [-0.25, -0.2) is 8.42 Å². The summed E-state index contributed by atoms with van der Waals surface area (Å²) in [7, 11) is -0.986. The van der Waals surface area contributed by atoms with Crippen LogP contribution in [0.2, 0.25) is 0 Å². The lowest BCUT2D eigenvalue weighted by molar-refractivity contribution is -0.133. The Morgan fingerprint density at radius 2 is 1.83 bits per heavy atom. The first-order valence-corrected chi connectivity index (χ1v) is 8.76. The topological polar surface area (TPSA) is 54.5 Å². The molecule has 1 aliphatic heterocycles. The van der Waals surface area contributed by atoms with E-state index in [0.29, 0.717) is 18.9 Å². The van der Waals surface area contributed by atoms with Gasteiger partial charge in [0.05, 0.1) is 11.5 Å². The van der Waals surface area contributed by atoms with Crippen LogP contribution in [0.15, 0.2) is 0 Å². The molecule has 18 heavy (non-hydrogen) atoms. The quantitative estimate of drug-likeness (QED) is 0.785. The summed E-state index contributed by atoms with van der Waals surface area (Å²) in [6, 6.07) is 0.379. The fourth-order valence-corrected chi connectivity index (χ4v) is 4.96. The summed E-state index contributed by atoms with van der Waals surface area (Å²) >= 11 is 0. The maximum Gasteiger partial charge on any atom is 0.222 e. The molecule has 1 amide bonds. The van der Waals surface area contributed by atoms with E-state index >= 15 is 0 Å². The Bertz CT molecular complexity index is 398. The molecule has 1 unspecified atom stereocenters. The van der Waals surface area contributed by atoms with Crippen molar-refractivity contribution in [1.82, 2.24) is 4.90 Å². The highest BCUT2D eigenvalue weighted by atomic mass is 32.2. The number of amides is 1. The highest BCUT2D eigenvalue weighted by molar-refractivity contribution is 7.91. The summed E-state index contributed by atoms with van der Waals surface area (Å²) in [6.45, 7) is 0. The van der Waals surface area contributed by atoms with Crippen molar-refractivity contribution in [3.05, 3.63) is 0 Å². The maximum absolute atomic E-state index is 12.1. The van der Waals surface area contributed by atoms with Crippen molar-refractivity contribution >= 4 is 15.7 Å². The summed E-state index contributed by atoms with van der Waals surface area (Å²) in [5, 5.41) is 0. The average molecular weight is 273 g/mol. The van der Waals surface area contributed by atoms with Crippen LogP contribution in [0.1, 0.15) is 44.9 Å². The van der Waals surface area contributed by atoms with Crippen molar-refractivity contribution < 1.29 is 13.2 Å². The van der Waals surface area contributed by atoms with Crippen LogP contribution >= 0.6 is 0 Å². The molecule has 0 spiro atoms. The Morgan fingerprint density at radius 3 is 2.39 bits per heavy atom. The van der Waals surface area contributed by atoms with Gasteiger partial charge in [-0.3, -0.25) is 4.79 Å². The Balaban J connectivity index is 1.84. The van der Waals surface area contributed by atoms with Gasteiger partial charge in [0.2, 0.25) is 5.91 Å². The third kappa shape index (κ3) is 3.46. The second-order valence-electron chi connectivity index (χ2n) is 5.77.